The van der Waals surface area contributed by atoms with E-state index in [0.29, 0.717) is 0 Å². The van der Waals surface area contributed by atoms with Gasteiger partial charge in [-0.2, -0.15) is 0 Å². The highest BCUT2D eigenvalue weighted by atomic mass is 79.9. The van der Waals surface area contributed by atoms with Crippen LogP contribution in [0.15, 0.2) is 121 Å². The molecule has 2 aliphatic rings. The molecule has 0 saturated heterocycles. The topological polar surface area (TPSA) is 29.0 Å². The molecule has 0 bridgehead atoms. The van der Waals surface area contributed by atoms with E-state index < -0.39 is 0 Å². The van der Waals surface area contributed by atoms with E-state index in [1.807, 2.05) is 23.5 Å². The fourth-order valence-electron chi connectivity index (χ4n) is 5.42. The summed E-state index contributed by atoms with van der Waals surface area (Å²) in [5.74, 6) is 0. The van der Waals surface area contributed by atoms with Crippen molar-refractivity contribution in [2.24, 2.45) is 0 Å². The highest BCUT2D eigenvalue weighted by Crippen LogP contribution is 2.63. The van der Waals surface area contributed by atoms with Crippen LogP contribution in [0.5, 0.6) is 0 Å². The summed E-state index contributed by atoms with van der Waals surface area (Å²) in [5.41, 5.74) is 8.09. The summed E-state index contributed by atoms with van der Waals surface area (Å²) in [7, 11) is 0. The van der Waals surface area contributed by atoms with Gasteiger partial charge in [-0.15, -0.1) is 22.7 Å². The van der Waals surface area contributed by atoms with Crippen molar-refractivity contribution in [1.82, 2.24) is 9.97 Å². The minimum absolute atomic E-state index is 1.04. The minimum Gasteiger partial charge on any atom is -0.306 e. The molecule has 0 unspecified atom stereocenters. The van der Waals surface area contributed by atoms with Crippen molar-refractivity contribution in [1.29, 1.82) is 0 Å². The summed E-state index contributed by atoms with van der Waals surface area (Å²) in [4.78, 5) is 17.6. The summed E-state index contributed by atoms with van der Waals surface area (Å²) in [6.07, 6.45) is 0. The quantitative estimate of drug-likeness (QED) is 0.186. The predicted octanol–water partition coefficient (Wildman–Crippen LogP) is 11.4. The average Bonchev–Trinajstić information content (AvgIpc) is 3.61. The summed E-state index contributed by atoms with van der Waals surface area (Å²) in [6.45, 7) is 0. The zero-order valence-corrected chi connectivity index (χ0v) is 25.4. The maximum absolute atomic E-state index is 5.07. The maximum atomic E-state index is 5.07. The molecule has 0 radical (unpaired) electrons. The molecule has 9 rings (SSSR count). The Morgan fingerprint density at radius 2 is 1.27 bits per heavy atom. The molecule has 4 heterocycles. The SMILES string of the molecule is Brc1ccc2c(c1)Sc1ccc(-c3nc4ccccc4s3)c3c1N2c1cccc(-c2nc4ccccc4s2)c1S3. The average molecular weight is 651 g/mol. The van der Waals surface area contributed by atoms with E-state index in [1.54, 1.807) is 22.7 Å². The minimum atomic E-state index is 1.04. The number of rotatable bonds is 2. The first kappa shape index (κ1) is 23.6. The van der Waals surface area contributed by atoms with E-state index in [-0.39, 0.29) is 0 Å². The number of benzene rings is 5. The Kier molecular flexibility index (Phi) is 5.26. The third-order valence-electron chi connectivity index (χ3n) is 7.19. The highest BCUT2D eigenvalue weighted by molar-refractivity contribution is 9.10. The predicted molar refractivity (Wildman–Crippen MR) is 174 cm³/mol. The molecule has 8 heteroatoms. The van der Waals surface area contributed by atoms with Gasteiger partial charge in [-0.05, 0) is 60.7 Å². The van der Waals surface area contributed by atoms with Gasteiger partial charge in [0.1, 0.15) is 10.0 Å². The van der Waals surface area contributed by atoms with E-state index in [4.69, 9.17) is 9.97 Å². The van der Waals surface area contributed by atoms with Crippen LogP contribution >= 0.6 is 62.1 Å². The van der Waals surface area contributed by atoms with Crippen LogP contribution in [0.25, 0.3) is 41.6 Å². The summed E-state index contributed by atoms with van der Waals surface area (Å²) in [5, 5.41) is 2.10. The van der Waals surface area contributed by atoms with Gasteiger partial charge in [-0.3, -0.25) is 0 Å². The number of anilines is 3. The van der Waals surface area contributed by atoms with Crippen LogP contribution < -0.4 is 4.90 Å². The van der Waals surface area contributed by atoms with Crippen LogP contribution in [-0.2, 0) is 0 Å². The second-order valence-corrected chi connectivity index (χ2v) is 14.6. The smallest absolute Gasteiger partial charge is 0.125 e. The first-order valence-electron chi connectivity index (χ1n) is 12.7. The van der Waals surface area contributed by atoms with Gasteiger partial charge in [0.25, 0.3) is 0 Å². The molecule has 40 heavy (non-hydrogen) atoms. The number of thiazole rings is 2. The van der Waals surface area contributed by atoms with E-state index >= 15 is 0 Å². The molecule has 0 amide bonds. The molecule has 0 saturated carbocycles. The van der Waals surface area contributed by atoms with Gasteiger partial charge in [0, 0.05) is 35.2 Å². The van der Waals surface area contributed by atoms with Crippen LogP contribution in [0.4, 0.5) is 17.1 Å². The van der Waals surface area contributed by atoms with Crippen LogP contribution in [0.1, 0.15) is 0 Å². The molecule has 0 aliphatic carbocycles. The van der Waals surface area contributed by atoms with Crippen LogP contribution in [-0.4, -0.2) is 9.97 Å². The van der Waals surface area contributed by atoms with Crippen molar-refractivity contribution in [3.05, 3.63) is 102 Å². The number of para-hydroxylation sites is 2. The van der Waals surface area contributed by atoms with Crippen LogP contribution in [0.3, 0.4) is 0 Å². The van der Waals surface area contributed by atoms with Crippen molar-refractivity contribution < 1.29 is 0 Å². The third-order valence-corrected chi connectivity index (χ3v) is 12.2. The second-order valence-electron chi connectivity index (χ2n) is 9.57. The van der Waals surface area contributed by atoms with E-state index in [1.165, 1.54) is 57.2 Å². The largest absolute Gasteiger partial charge is 0.306 e. The number of nitrogens with zero attached hydrogens (tertiary/aromatic N) is 3. The Bertz CT molecular complexity index is 2100. The maximum Gasteiger partial charge on any atom is 0.125 e. The molecule has 0 spiro atoms. The second kappa shape index (κ2) is 8.93. The zero-order valence-electron chi connectivity index (χ0n) is 20.6. The van der Waals surface area contributed by atoms with Gasteiger partial charge >= 0.3 is 0 Å². The molecular weight excluding hydrogens is 635 g/mol. The van der Waals surface area contributed by atoms with Gasteiger partial charge in [0.15, 0.2) is 0 Å². The molecule has 190 valence electrons. The monoisotopic (exact) mass is 649 g/mol. The van der Waals surface area contributed by atoms with Crippen molar-refractivity contribution in [3.63, 3.8) is 0 Å². The summed E-state index contributed by atoms with van der Waals surface area (Å²) in [6, 6.07) is 34.6. The fourth-order valence-corrected chi connectivity index (χ4v) is 10.5. The summed E-state index contributed by atoms with van der Waals surface area (Å²) < 4.78 is 3.50. The number of hydrogen-bond acceptors (Lipinski definition) is 7. The van der Waals surface area contributed by atoms with Gasteiger partial charge in [0.05, 0.1) is 37.5 Å². The van der Waals surface area contributed by atoms with E-state index in [0.717, 1.165) is 25.5 Å². The Hall–Kier alpha value is -3.14. The van der Waals surface area contributed by atoms with Gasteiger partial charge in [-0.1, -0.05) is 75.9 Å². The standard InChI is InChI=1S/C32H16BrN3S4/c33-17-12-14-22-27(16-17)37-26-15-13-19(32-35-21-8-2-4-11-25(21)39-32)30-28(26)36(22)23-9-5-6-18(29(23)40-30)31-34-20-7-1-3-10-24(20)38-31/h1-16H. The lowest BCUT2D eigenvalue weighted by atomic mass is 10.1. The van der Waals surface area contributed by atoms with Crippen molar-refractivity contribution >= 4 is 99.6 Å². The van der Waals surface area contributed by atoms with E-state index in [2.05, 4.69) is 118 Å². The first-order chi connectivity index (χ1) is 19.7. The van der Waals surface area contributed by atoms with Crippen molar-refractivity contribution in [2.45, 2.75) is 19.6 Å². The van der Waals surface area contributed by atoms with E-state index in [9.17, 15) is 0 Å². The number of hydrogen-bond donors (Lipinski definition) is 0. The Labute approximate surface area is 255 Å². The molecule has 2 aromatic heterocycles. The lowest BCUT2D eigenvalue weighted by Gasteiger charge is -2.39. The fraction of sp³-hybridized carbons (Fsp3) is 0. The number of aromatic nitrogens is 2. The third kappa shape index (κ3) is 3.50. The first-order valence-corrected chi connectivity index (χ1v) is 16.7. The van der Waals surface area contributed by atoms with Crippen LogP contribution in [0.2, 0.25) is 0 Å². The Morgan fingerprint density at radius 3 is 2.00 bits per heavy atom. The zero-order chi connectivity index (χ0) is 26.4. The molecule has 3 nitrogen and oxygen atoms in total. The van der Waals surface area contributed by atoms with Crippen LogP contribution in [0, 0.1) is 0 Å². The molecule has 0 fully saturated rings. The molecule has 0 N–H and O–H groups in total. The lowest BCUT2D eigenvalue weighted by molar-refractivity contribution is 1.09. The number of halogens is 1. The molecule has 5 aromatic carbocycles. The molecule has 0 atom stereocenters. The molecular formula is C32H16BrN3S4. The van der Waals surface area contributed by atoms with Gasteiger partial charge in [-0.25, -0.2) is 9.97 Å². The molecule has 7 aromatic rings. The van der Waals surface area contributed by atoms with Gasteiger partial charge in [0.2, 0.25) is 0 Å². The summed E-state index contributed by atoms with van der Waals surface area (Å²) >= 11 is 10.9. The van der Waals surface area contributed by atoms with Crippen molar-refractivity contribution in [3.8, 4) is 21.1 Å². The van der Waals surface area contributed by atoms with Crippen molar-refractivity contribution in [2.75, 3.05) is 4.90 Å². The lowest BCUT2D eigenvalue weighted by Crippen LogP contribution is -2.19. The normalized spacial score (nSPS) is 13.4. The Morgan fingerprint density at radius 1 is 0.575 bits per heavy atom. The number of fused-ring (bicyclic) bond motifs is 6. The molecule has 2 aliphatic heterocycles. The highest BCUT2D eigenvalue weighted by Gasteiger charge is 2.36. The Balaban J connectivity index is 1.32. The van der Waals surface area contributed by atoms with Gasteiger partial charge < -0.3 is 4.90 Å².